The molecule has 0 saturated heterocycles. The average Bonchev–Trinajstić information content (AvgIpc) is 3.08. The Kier molecular flexibility index (Phi) is 8.77. The van der Waals surface area contributed by atoms with E-state index in [-0.39, 0.29) is 12.2 Å². The Morgan fingerprint density at radius 1 is 0.622 bits per heavy atom. The maximum absolute atomic E-state index is 10.5. The van der Waals surface area contributed by atoms with E-state index >= 15 is 0 Å². The summed E-state index contributed by atoms with van der Waals surface area (Å²) in [6.07, 6.45) is 2.23. The Hall–Kier alpha value is -4.42. The zero-order chi connectivity index (χ0) is 31.4. The first-order chi connectivity index (χ1) is 21.7. The minimum Gasteiger partial charge on any atom is -0.427 e. The maximum Gasteiger partial charge on any atom is 0.330 e. The van der Waals surface area contributed by atoms with Gasteiger partial charge in [0.2, 0.25) is 0 Å². The summed E-state index contributed by atoms with van der Waals surface area (Å²) in [4.78, 5) is 0. The topological polar surface area (TPSA) is 53.5 Å². The van der Waals surface area contributed by atoms with Crippen molar-refractivity contribution in [2.24, 2.45) is 0 Å². The van der Waals surface area contributed by atoms with E-state index in [1.807, 2.05) is 19.9 Å². The number of benzene rings is 5. The van der Waals surface area contributed by atoms with Crippen molar-refractivity contribution in [1.82, 2.24) is 10.6 Å². The molecule has 5 aromatic carbocycles. The van der Waals surface area contributed by atoms with Crippen molar-refractivity contribution < 1.29 is 9.76 Å². The van der Waals surface area contributed by atoms with E-state index in [0.717, 1.165) is 22.3 Å². The smallest absolute Gasteiger partial charge is 0.330 e. The molecule has 45 heavy (non-hydrogen) atoms. The summed E-state index contributed by atoms with van der Waals surface area (Å²) >= 11 is 0. The summed E-state index contributed by atoms with van der Waals surface area (Å²) in [5.74, 6) is 0. The molecule has 0 aliphatic carbocycles. The van der Waals surface area contributed by atoms with Crippen molar-refractivity contribution in [3.8, 4) is 22.3 Å². The molecule has 0 spiro atoms. The molecule has 1 aliphatic heterocycles. The summed E-state index contributed by atoms with van der Waals surface area (Å²) in [6.45, 7) is 7.31. The molecule has 0 amide bonds. The van der Waals surface area contributed by atoms with E-state index in [4.69, 9.17) is 4.65 Å². The molecule has 2 unspecified atom stereocenters. The second-order valence-corrected chi connectivity index (χ2v) is 12.7. The Morgan fingerprint density at radius 2 is 1.18 bits per heavy atom. The highest BCUT2D eigenvalue weighted by Crippen LogP contribution is 2.35. The first-order valence-electron chi connectivity index (χ1n) is 15.6. The number of nitrogens with one attached hydrogen (secondary N) is 2. The van der Waals surface area contributed by atoms with E-state index in [9.17, 15) is 5.11 Å². The molecule has 0 fully saturated rings. The molecule has 5 aromatic rings. The number of hydrogen-bond donors (Lipinski definition) is 3. The monoisotopic (exact) mass is 591 g/mol. The van der Waals surface area contributed by atoms with Gasteiger partial charge >= 0.3 is 7.48 Å². The van der Waals surface area contributed by atoms with Crippen LogP contribution in [-0.2, 0) is 4.65 Å². The van der Waals surface area contributed by atoms with Crippen LogP contribution < -0.4 is 16.1 Å². The van der Waals surface area contributed by atoms with Gasteiger partial charge in [-0.05, 0) is 72.7 Å². The largest absolute Gasteiger partial charge is 0.427 e. The van der Waals surface area contributed by atoms with Crippen molar-refractivity contribution in [3.05, 3.63) is 156 Å². The Balaban J connectivity index is 1.31. The molecule has 0 bridgehead atoms. The number of aliphatic hydroxyl groups is 1. The Labute approximate surface area is 268 Å². The van der Waals surface area contributed by atoms with Crippen molar-refractivity contribution in [2.45, 2.75) is 51.1 Å². The van der Waals surface area contributed by atoms with Gasteiger partial charge in [0.1, 0.15) is 6.17 Å². The minimum atomic E-state index is -0.974. The van der Waals surface area contributed by atoms with E-state index < -0.39 is 11.2 Å². The first-order valence-corrected chi connectivity index (χ1v) is 15.6. The average molecular weight is 592 g/mol. The fraction of sp³-hybridized carbons (Fsp3) is 0.200. The lowest BCUT2D eigenvalue weighted by molar-refractivity contribution is -0.0893. The minimum absolute atomic E-state index is 0.0291. The zero-order valence-corrected chi connectivity index (χ0v) is 26.4. The third-order valence-corrected chi connectivity index (χ3v) is 8.90. The molecule has 5 heteroatoms. The third kappa shape index (κ3) is 6.97. The van der Waals surface area contributed by atoms with Gasteiger partial charge in [-0.3, -0.25) is 5.32 Å². The summed E-state index contributed by atoms with van der Waals surface area (Å²) < 4.78 is 5.98. The molecule has 225 valence electrons. The molecule has 4 nitrogen and oxygen atoms in total. The highest BCUT2D eigenvalue weighted by atomic mass is 16.5. The molecular weight excluding hydrogens is 551 g/mol. The van der Waals surface area contributed by atoms with Crippen LogP contribution in [0.4, 0.5) is 0 Å². The van der Waals surface area contributed by atoms with Crippen molar-refractivity contribution >= 4 is 18.6 Å². The first kappa shape index (κ1) is 30.6. The van der Waals surface area contributed by atoms with Crippen LogP contribution in [-0.4, -0.2) is 23.8 Å². The van der Waals surface area contributed by atoms with E-state index in [0.29, 0.717) is 0 Å². The van der Waals surface area contributed by atoms with Crippen LogP contribution in [0.5, 0.6) is 0 Å². The van der Waals surface area contributed by atoms with Crippen LogP contribution in [0.25, 0.3) is 28.0 Å². The molecule has 1 aliphatic rings. The molecular formula is C40H40BN2O2. The highest BCUT2D eigenvalue weighted by Gasteiger charge is 2.35. The van der Waals surface area contributed by atoms with Crippen LogP contribution in [0.3, 0.4) is 0 Å². The molecule has 3 N–H and O–H groups in total. The van der Waals surface area contributed by atoms with Gasteiger partial charge in [-0.15, -0.1) is 0 Å². The standard InChI is InChI=1S/C40H40BN2O2/c1-39(2,44)40(3,4)45-41-33-25-23-30(24-26-33)34-17-11-12-18-35(34)37-27-36(42-38(43-37)32-15-9-6-10-16-32)31-21-19-29(20-22-31)28-13-7-5-8-14-28/h5-27,37-38,42-44H,1-4H3. The lowest BCUT2D eigenvalue weighted by atomic mass is 9.82. The summed E-state index contributed by atoms with van der Waals surface area (Å²) in [7, 11) is 1.73. The fourth-order valence-electron chi connectivity index (χ4n) is 5.43. The Morgan fingerprint density at radius 3 is 1.84 bits per heavy atom. The fourth-order valence-corrected chi connectivity index (χ4v) is 5.43. The lowest BCUT2D eigenvalue weighted by Crippen LogP contribution is -2.49. The maximum atomic E-state index is 10.5. The second kappa shape index (κ2) is 12.9. The number of hydrogen-bond acceptors (Lipinski definition) is 4. The van der Waals surface area contributed by atoms with E-state index in [2.05, 4.69) is 144 Å². The normalized spacial score (nSPS) is 16.9. The third-order valence-electron chi connectivity index (χ3n) is 8.90. The summed E-state index contributed by atoms with van der Waals surface area (Å²) in [5.41, 5.74) is 8.58. The Bertz CT molecular complexity index is 1740. The lowest BCUT2D eigenvalue weighted by Gasteiger charge is -2.37. The number of rotatable bonds is 9. The SMILES string of the molecule is CC(C)(O)C(C)(C)O[B]c1ccc(-c2ccccc2C2C=C(c3ccc(-c4ccccc4)cc3)NC(c3ccccc3)N2)cc1. The zero-order valence-electron chi connectivity index (χ0n) is 26.4. The molecule has 1 heterocycles. The van der Waals surface area contributed by atoms with Crippen LogP contribution >= 0.6 is 0 Å². The van der Waals surface area contributed by atoms with Crippen LogP contribution in [0.2, 0.25) is 0 Å². The predicted octanol–water partition coefficient (Wildman–Crippen LogP) is 7.81. The van der Waals surface area contributed by atoms with Gasteiger partial charge in [0.15, 0.2) is 0 Å². The highest BCUT2D eigenvalue weighted by molar-refractivity contribution is 6.47. The van der Waals surface area contributed by atoms with Gasteiger partial charge in [-0.2, -0.15) is 0 Å². The van der Waals surface area contributed by atoms with Gasteiger partial charge in [0, 0.05) is 5.70 Å². The van der Waals surface area contributed by atoms with Crippen LogP contribution in [0.15, 0.2) is 140 Å². The van der Waals surface area contributed by atoms with Crippen LogP contribution in [0.1, 0.15) is 56.6 Å². The van der Waals surface area contributed by atoms with Crippen molar-refractivity contribution in [3.63, 3.8) is 0 Å². The van der Waals surface area contributed by atoms with Gasteiger partial charge in [0.05, 0.1) is 17.2 Å². The quantitative estimate of drug-likeness (QED) is 0.153. The molecule has 0 saturated carbocycles. The molecule has 0 aromatic heterocycles. The van der Waals surface area contributed by atoms with Crippen molar-refractivity contribution in [2.75, 3.05) is 0 Å². The van der Waals surface area contributed by atoms with E-state index in [1.165, 1.54) is 27.8 Å². The molecule has 1 radical (unpaired) electrons. The van der Waals surface area contributed by atoms with Crippen LogP contribution in [0, 0.1) is 0 Å². The molecule has 6 rings (SSSR count). The molecule has 2 atom stereocenters. The van der Waals surface area contributed by atoms with Gasteiger partial charge < -0.3 is 15.1 Å². The van der Waals surface area contributed by atoms with Gasteiger partial charge in [0.25, 0.3) is 0 Å². The summed E-state index contributed by atoms with van der Waals surface area (Å²) in [6, 6.07) is 46.8. The van der Waals surface area contributed by atoms with E-state index in [1.54, 1.807) is 21.3 Å². The van der Waals surface area contributed by atoms with Gasteiger partial charge in [-0.25, -0.2) is 0 Å². The van der Waals surface area contributed by atoms with Gasteiger partial charge in [-0.1, -0.05) is 139 Å². The predicted molar refractivity (Wildman–Crippen MR) is 187 cm³/mol. The summed E-state index contributed by atoms with van der Waals surface area (Å²) in [5, 5.41) is 18.1. The van der Waals surface area contributed by atoms with Crippen molar-refractivity contribution in [1.29, 1.82) is 0 Å². The second-order valence-electron chi connectivity index (χ2n) is 12.7.